The van der Waals surface area contributed by atoms with Gasteiger partial charge in [-0.3, -0.25) is 4.79 Å². The van der Waals surface area contributed by atoms with E-state index in [1.807, 2.05) is 24.3 Å². The van der Waals surface area contributed by atoms with Crippen molar-refractivity contribution in [1.82, 2.24) is 15.0 Å². The molecule has 4 aromatic rings. The molecule has 0 atom stereocenters. The molecule has 10 nitrogen and oxygen atoms in total. The van der Waals surface area contributed by atoms with E-state index in [1.165, 1.54) is 19.4 Å². The number of aromatic nitrogens is 3. The number of aromatic hydroxyl groups is 1. The minimum Gasteiger partial charge on any atom is -0.504 e. The first kappa shape index (κ1) is 26.8. The number of para-hydroxylation sites is 1. The lowest BCUT2D eigenvalue weighted by atomic mass is 10.1. The number of hydrogen-bond acceptors (Lipinski definition) is 7. The number of carbonyl (C=O) groups is 2. The Morgan fingerprint density at radius 1 is 1.19 bits per heavy atom. The number of aliphatic carboxylic acids is 1. The molecule has 13 heteroatoms. The van der Waals surface area contributed by atoms with Crippen molar-refractivity contribution in [2.75, 3.05) is 12.4 Å². The van der Waals surface area contributed by atoms with Gasteiger partial charge >= 0.3 is 12.1 Å². The summed E-state index contributed by atoms with van der Waals surface area (Å²) in [5, 5.41) is 20.3. The molecule has 4 rings (SSSR count). The van der Waals surface area contributed by atoms with Crippen LogP contribution in [0.2, 0.25) is 0 Å². The first-order valence-corrected chi connectivity index (χ1v) is 10.7. The van der Waals surface area contributed by atoms with Crippen molar-refractivity contribution in [2.45, 2.75) is 19.5 Å². The topological polar surface area (TPSA) is 163 Å². The zero-order valence-corrected chi connectivity index (χ0v) is 19.6. The van der Waals surface area contributed by atoms with Gasteiger partial charge in [-0.25, -0.2) is 14.8 Å². The van der Waals surface area contributed by atoms with Crippen LogP contribution in [-0.2, 0) is 11.2 Å². The highest BCUT2D eigenvalue weighted by Crippen LogP contribution is 2.34. The second-order valence-electron chi connectivity index (χ2n) is 7.52. The third kappa shape index (κ3) is 6.07. The monoisotopic (exact) mass is 517 g/mol. The number of nitrogens with zero attached hydrogens (tertiary/aromatic N) is 2. The van der Waals surface area contributed by atoms with Gasteiger partial charge < -0.3 is 31.0 Å². The first-order valence-electron chi connectivity index (χ1n) is 10.7. The lowest BCUT2D eigenvalue weighted by molar-refractivity contribution is -0.192. The molecule has 2 aromatic heterocycles. The summed E-state index contributed by atoms with van der Waals surface area (Å²) in [5.74, 6) is -2.48. The molecule has 0 radical (unpaired) electrons. The van der Waals surface area contributed by atoms with Gasteiger partial charge in [0.2, 0.25) is 0 Å². The number of carbonyl (C=O) groups excluding carboxylic acids is 1. The molecule has 0 saturated carbocycles. The number of pyridine rings is 1. The highest BCUT2D eigenvalue weighted by atomic mass is 19.4. The predicted octanol–water partition coefficient (Wildman–Crippen LogP) is 4.38. The van der Waals surface area contributed by atoms with Crippen LogP contribution in [0.5, 0.6) is 11.5 Å². The smallest absolute Gasteiger partial charge is 0.490 e. The van der Waals surface area contributed by atoms with E-state index >= 15 is 0 Å². The number of phenols is 1. The molecule has 1 amide bonds. The average molecular weight is 517 g/mol. The van der Waals surface area contributed by atoms with Crippen molar-refractivity contribution in [3.63, 3.8) is 0 Å². The molecule has 2 aromatic carbocycles. The summed E-state index contributed by atoms with van der Waals surface area (Å²) < 4.78 is 36.9. The van der Waals surface area contributed by atoms with Gasteiger partial charge in [0.1, 0.15) is 11.3 Å². The lowest BCUT2D eigenvalue weighted by Crippen LogP contribution is -2.21. The molecular weight excluding hydrogens is 495 g/mol. The SMILES string of the molecule is CCc1ccccc1Nc1c(C(N)=O)cnc2[nH]c(-c3ccc(O)c(OC)c3)nc12.O=C(O)C(F)(F)F. The van der Waals surface area contributed by atoms with Crippen LogP contribution in [0.4, 0.5) is 24.5 Å². The fourth-order valence-corrected chi connectivity index (χ4v) is 3.31. The Labute approximate surface area is 207 Å². The maximum atomic E-state index is 12.1. The van der Waals surface area contributed by atoms with Crippen molar-refractivity contribution in [3.8, 4) is 22.9 Å². The summed E-state index contributed by atoms with van der Waals surface area (Å²) >= 11 is 0. The Hall–Kier alpha value is -4.81. The minimum atomic E-state index is -5.08. The lowest BCUT2D eigenvalue weighted by Gasteiger charge is -2.13. The van der Waals surface area contributed by atoms with Gasteiger partial charge in [-0.15, -0.1) is 0 Å². The van der Waals surface area contributed by atoms with Crippen LogP contribution < -0.4 is 15.8 Å². The molecule has 0 aliphatic rings. The number of phenolic OH excluding ortho intramolecular Hbond substituents is 1. The zero-order valence-electron chi connectivity index (χ0n) is 19.6. The number of benzene rings is 2. The summed E-state index contributed by atoms with van der Waals surface area (Å²) in [6.45, 7) is 2.06. The number of aromatic amines is 1. The highest BCUT2D eigenvalue weighted by Gasteiger charge is 2.38. The number of ether oxygens (including phenoxy) is 1. The first-order chi connectivity index (χ1) is 17.5. The van der Waals surface area contributed by atoms with E-state index in [0.717, 1.165) is 17.7 Å². The number of nitrogens with two attached hydrogens (primary N) is 1. The summed E-state index contributed by atoms with van der Waals surface area (Å²) in [7, 11) is 1.48. The number of carboxylic acids is 1. The number of halogens is 3. The van der Waals surface area contributed by atoms with Crippen LogP contribution in [0.25, 0.3) is 22.6 Å². The number of carboxylic acid groups (broad SMARTS) is 1. The second kappa shape index (κ2) is 10.8. The highest BCUT2D eigenvalue weighted by molar-refractivity contribution is 6.06. The maximum Gasteiger partial charge on any atom is 0.490 e. The number of aryl methyl sites for hydroxylation is 1. The van der Waals surface area contributed by atoms with E-state index in [0.29, 0.717) is 34.0 Å². The molecular formula is C24H22F3N5O5. The van der Waals surface area contributed by atoms with E-state index in [2.05, 4.69) is 27.2 Å². The van der Waals surface area contributed by atoms with Crippen molar-refractivity contribution < 1.29 is 37.7 Å². The van der Waals surface area contributed by atoms with E-state index in [1.54, 1.807) is 12.1 Å². The van der Waals surface area contributed by atoms with E-state index in [9.17, 15) is 23.1 Å². The van der Waals surface area contributed by atoms with E-state index in [4.69, 9.17) is 20.4 Å². The van der Waals surface area contributed by atoms with Gasteiger partial charge in [-0.1, -0.05) is 25.1 Å². The second-order valence-corrected chi connectivity index (χ2v) is 7.52. The standard InChI is InChI=1S/C22H21N5O3.C2HF3O2/c1-3-12-6-4-5-7-15(12)25-18-14(20(23)29)11-24-22-19(18)26-21(27-22)13-8-9-16(28)17(10-13)30-2;3-2(4,5)1(6)7/h4-11,28H,3H2,1-2H3,(H2,23,29)(H2,24,25,26,27);(H,6,7). The minimum absolute atomic E-state index is 0.0324. The summed E-state index contributed by atoms with van der Waals surface area (Å²) in [4.78, 5) is 33.1. The van der Waals surface area contributed by atoms with E-state index < -0.39 is 18.1 Å². The predicted molar refractivity (Wildman–Crippen MR) is 129 cm³/mol. The zero-order chi connectivity index (χ0) is 27.3. The van der Waals surface area contributed by atoms with Gasteiger partial charge in [-0.05, 0) is 36.2 Å². The summed E-state index contributed by atoms with van der Waals surface area (Å²) in [6.07, 6.45) is -2.83. The fraction of sp³-hybridized carbons (Fsp3) is 0.167. The molecule has 194 valence electrons. The third-order valence-electron chi connectivity index (χ3n) is 5.13. The molecule has 0 spiro atoms. The Kier molecular flexibility index (Phi) is 7.85. The van der Waals surface area contributed by atoms with Gasteiger partial charge in [0.25, 0.3) is 5.91 Å². The summed E-state index contributed by atoms with van der Waals surface area (Å²) in [5.41, 5.74) is 9.98. The van der Waals surface area contributed by atoms with Crippen molar-refractivity contribution in [1.29, 1.82) is 0 Å². The van der Waals surface area contributed by atoms with Crippen LogP contribution in [-0.4, -0.2) is 50.3 Å². The largest absolute Gasteiger partial charge is 0.504 e. The number of anilines is 2. The fourth-order valence-electron chi connectivity index (χ4n) is 3.31. The number of methoxy groups -OCH3 is 1. The number of fused-ring (bicyclic) bond motifs is 1. The van der Waals surface area contributed by atoms with Gasteiger partial charge in [-0.2, -0.15) is 13.2 Å². The Morgan fingerprint density at radius 2 is 1.86 bits per heavy atom. The molecule has 37 heavy (non-hydrogen) atoms. The Balaban J connectivity index is 0.000000479. The Morgan fingerprint density at radius 3 is 2.46 bits per heavy atom. The molecule has 0 fully saturated rings. The maximum absolute atomic E-state index is 12.1. The van der Waals surface area contributed by atoms with Crippen LogP contribution in [0.3, 0.4) is 0 Å². The van der Waals surface area contributed by atoms with Gasteiger partial charge in [0.15, 0.2) is 17.1 Å². The van der Waals surface area contributed by atoms with Crippen LogP contribution in [0.15, 0.2) is 48.7 Å². The number of H-pyrrole nitrogens is 1. The average Bonchev–Trinajstić information content (AvgIpc) is 3.29. The molecule has 0 aliphatic heterocycles. The van der Waals surface area contributed by atoms with Crippen LogP contribution >= 0.6 is 0 Å². The summed E-state index contributed by atoms with van der Waals surface area (Å²) in [6, 6.07) is 12.7. The molecule has 0 saturated heterocycles. The number of alkyl halides is 3. The molecule has 0 aliphatic carbocycles. The van der Waals surface area contributed by atoms with Crippen molar-refractivity contribution >= 4 is 34.4 Å². The molecule has 0 bridgehead atoms. The third-order valence-corrected chi connectivity index (χ3v) is 5.13. The number of primary amides is 1. The van der Waals surface area contributed by atoms with Gasteiger partial charge in [0, 0.05) is 17.4 Å². The van der Waals surface area contributed by atoms with E-state index in [-0.39, 0.29) is 11.3 Å². The normalized spacial score (nSPS) is 10.9. The van der Waals surface area contributed by atoms with Crippen LogP contribution in [0.1, 0.15) is 22.8 Å². The number of hydrogen-bond donors (Lipinski definition) is 5. The Bertz CT molecular complexity index is 1450. The quantitative estimate of drug-likeness (QED) is 0.252. The number of rotatable bonds is 6. The number of nitrogens with one attached hydrogen (secondary N) is 2. The van der Waals surface area contributed by atoms with Crippen LogP contribution in [0, 0.1) is 0 Å². The molecule has 2 heterocycles. The number of imidazole rings is 1. The van der Waals surface area contributed by atoms with Crippen molar-refractivity contribution in [2.24, 2.45) is 5.73 Å². The molecule has 0 unspecified atom stereocenters. The molecule has 6 N–H and O–H groups in total. The number of amides is 1. The van der Waals surface area contributed by atoms with Gasteiger partial charge in [0.05, 0.1) is 18.4 Å². The van der Waals surface area contributed by atoms with Crippen molar-refractivity contribution in [3.05, 3.63) is 59.8 Å².